The molecule has 4 heterocycles. The average Bonchev–Trinajstić information content (AvgIpc) is 3.48. The quantitative estimate of drug-likeness (QED) is 0.127. The lowest BCUT2D eigenvalue weighted by molar-refractivity contribution is 0.0932. The Balaban J connectivity index is 0.967. The van der Waals surface area contributed by atoms with Gasteiger partial charge in [0.05, 0.1) is 11.4 Å². The van der Waals surface area contributed by atoms with E-state index in [-0.39, 0.29) is 29.4 Å². The summed E-state index contributed by atoms with van der Waals surface area (Å²) < 4.78 is 3.37. The minimum Gasteiger partial charge on any atom is -0.349 e. The monoisotopic (exact) mass is 762 g/mol. The zero-order valence-corrected chi connectivity index (χ0v) is 32.6. The molecule has 0 radical (unpaired) electrons. The number of rotatable bonds is 14. The van der Waals surface area contributed by atoms with Crippen LogP contribution >= 0.6 is 0 Å². The predicted octanol–water partition coefficient (Wildman–Crippen LogP) is 5.31. The third kappa shape index (κ3) is 10.8. The van der Waals surface area contributed by atoms with E-state index < -0.39 is 0 Å². The van der Waals surface area contributed by atoms with Crippen molar-refractivity contribution in [3.8, 4) is 0 Å². The Morgan fingerprint density at radius 2 is 0.821 bits per heavy atom. The van der Waals surface area contributed by atoms with Crippen molar-refractivity contribution in [1.29, 1.82) is 0 Å². The topological polar surface area (TPSA) is 150 Å². The number of carbonyl (C=O) groups is 5. The van der Waals surface area contributed by atoms with Crippen LogP contribution in [0.15, 0.2) is 73.1 Å². The Hall–Kier alpha value is -5.53. The van der Waals surface area contributed by atoms with Gasteiger partial charge in [-0.3, -0.25) is 24.0 Å². The van der Waals surface area contributed by atoms with E-state index in [0.29, 0.717) is 58.1 Å². The Labute approximate surface area is 328 Å². The maximum Gasteiger partial charge on any atom is 0.268 e. The molecule has 13 heteroatoms. The van der Waals surface area contributed by atoms with Gasteiger partial charge in [-0.1, -0.05) is 49.9 Å². The second-order valence-corrected chi connectivity index (χ2v) is 14.9. The Morgan fingerprint density at radius 3 is 1.18 bits per heavy atom. The molecular formula is C43H54N8O5. The smallest absolute Gasteiger partial charge is 0.268 e. The van der Waals surface area contributed by atoms with Crippen molar-refractivity contribution in [3.63, 3.8) is 0 Å². The molecule has 0 spiro atoms. The van der Waals surface area contributed by atoms with Crippen LogP contribution in [0.1, 0.15) is 109 Å². The molecule has 0 atom stereocenters. The summed E-state index contributed by atoms with van der Waals surface area (Å²) in [5, 5.41) is 11.7. The number of ketones is 1. The van der Waals surface area contributed by atoms with E-state index in [1.54, 1.807) is 96.3 Å². The first-order chi connectivity index (χ1) is 27.1. The molecule has 4 amide bonds. The number of hydrogen-bond acceptors (Lipinski definition) is 7. The Bertz CT molecular complexity index is 1840. The van der Waals surface area contributed by atoms with Gasteiger partial charge < -0.3 is 40.2 Å². The van der Waals surface area contributed by atoms with Crippen molar-refractivity contribution in [2.45, 2.75) is 51.4 Å². The molecule has 4 aromatic rings. The molecule has 2 saturated heterocycles. The van der Waals surface area contributed by atoms with Crippen LogP contribution in [-0.4, -0.2) is 101 Å². The molecule has 4 N–H and O–H groups in total. The number of aromatic nitrogens is 2. The number of amides is 4. The normalized spacial score (nSPS) is 15.3. The standard InChI is InChI=1S/C43H54N8O5/c1-48-29-35(27-37(48)42(55)44-19-25-50-21-7-3-4-8-22-50)46-40(53)33-15-11-31(12-16-33)39(52)32-13-17-34(18-14-32)41(54)47-36-28-38(49(2)30-36)43(56)45-20-26-51-23-9-5-6-10-24-51/h11-18,27-30H,3-10,19-26H2,1-2H3,(H,44,55)(H,45,56)(H,46,53)(H,47,54). The fourth-order valence-electron chi connectivity index (χ4n) is 7.39. The van der Waals surface area contributed by atoms with E-state index in [1.807, 2.05) is 0 Å². The van der Waals surface area contributed by atoms with Gasteiger partial charge in [-0.25, -0.2) is 0 Å². The van der Waals surface area contributed by atoms with Gasteiger partial charge in [-0.15, -0.1) is 0 Å². The molecule has 13 nitrogen and oxygen atoms in total. The highest BCUT2D eigenvalue weighted by molar-refractivity contribution is 6.11. The SMILES string of the molecule is Cn1cc(NC(=O)c2ccc(C(=O)c3ccc(C(=O)Nc4cc(C(=O)NCCN5CCCCCC5)n(C)c4)cc3)cc2)cc1C(=O)NCCN1CCCCCC1. The molecule has 0 unspecified atom stereocenters. The highest BCUT2D eigenvalue weighted by Gasteiger charge is 2.18. The number of aryl methyl sites for hydroxylation is 2. The van der Waals surface area contributed by atoms with Gasteiger partial charge in [0, 0.05) is 74.9 Å². The first kappa shape index (κ1) is 40.1. The molecule has 2 fully saturated rings. The fourth-order valence-corrected chi connectivity index (χ4v) is 7.39. The predicted molar refractivity (Wildman–Crippen MR) is 218 cm³/mol. The zero-order valence-electron chi connectivity index (χ0n) is 32.6. The van der Waals surface area contributed by atoms with E-state index in [1.165, 1.54) is 51.4 Å². The highest BCUT2D eigenvalue weighted by Crippen LogP contribution is 2.19. The summed E-state index contributed by atoms with van der Waals surface area (Å²) in [6.45, 7) is 7.03. The van der Waals surface area contributed by atoms with Gasteiger partial charge in [0.1, 0.15) is 11.4 Å². The van der Waals surface area contributed by atoms with Crippen molar-refractivity contribution in [2.24, 2.45) is 14.1 Å². The van der Waals surface area contributed by atoms with Crippen LogP contribution in [0.2, 0.25) is 0 Å². The molecule has 0 saturated carbocycles. The summed E-state index contributed by atoms with van der Waals surface area (Å²) in [4.78, 5) is 69.9. The lowest BCUT2D eigenvalue weighted by atomic mass is 10.0. The van der Waals surface area contributed by atoms with Gasteiger partial charge >= 0.3 is 0 Å². The van der Waals surface area contributed by atoms with Crippen molar-refractivity contribution in [2.75, 3.05) is 63.0 Å². The van der Waals surface area contributed by atoms with E-state index in [4.69, 9.17) is 0 Å². The molecule has 2 aromatic heterocycles. The zero-order chi connectivity index (χ0) is 39.4. The molecule has 2 aliphatic heterocycles. The van der Waals surface area contributed by atoms with E-state index in [2.05, 4.69) is 31.1 Å². The minimum atomic E-state index is -0.368. The lowest BCUT2D eigenvalue weighted by Crippen LogP contribution is -2.36. The molecule has 2 aliphatic rings. The lowest BCUT2D eigenvalue weighted by Gasteiger charge is -2.19. The summed E-state index contributed by atoms with van der Waals surface area (Å²) in [5.41, 5.74) is 3.37. The molecule has 2 aromatic carbocycles. The third-order valence-corrected chi connectivity index (χ3v) is 10.6. The van der Waals surface area contributed by atoms with Crippen LogP contribution in [-0.2, 0) is 14.1 Å². The number of nitrogens with zero attached hydrogens (tertiary/aromatic N) is 4. The Morgan fingerprint density at radius 1 is 0.482 bits per heavy atom. The number of carbonyl (C=O) groups excluding carboxylic acids is 5. The molecule has 296 valence electrons. The number of likely N-dealkylation sites (tertiary alicyclic amines) is 2. The van der Waals surface area contributed by atoms with E-state index in [9.17, 15) is 24.0 Å². The number of anilines is 2. The second-order valence-electron chi connectivity index (χ2n) is 14.9. The van der Waals surface area contributed by atoms with Crippen molar-refractivity contribution in [3.05, 3.63) is 107 Å². The van der Waals surface area contributed by atoms with Crippen LogP contribution in [0, 0.1) is 0 Å². The number of hydrogen-bond donors (Lipinski definition) is 4. The summed E-state index contributed by atoms with van der Waals surface area (Å²) in [6.07, 6.45) is 13.2. The largest absolute Gasteiger partial charge is 0.349 e. The van der Waals surface area contributed by atoms with Gasteiger partial charge in [0.25, 0.3) is 23.6 Å². The number of benzene rings is 2. The maximum atomic E-state index is 13.3. The summed E-state index contributed by atoms with van der Waals surface area (Å²) >= 11 is 0. The average molecular weight is 763 g/mol. The fraction of sp³-hybridized carbons (Fsp3) is 0.419. The molecule has 6 rings (SSSR count). The summed E-state index contributed by atoms with van der Waals surface area (Å²) in [5.74, 6) is -1.38. The third-order valence-electron chi connectivity index (χ3n) is 10.6. The Kier molecular flexibility index (Phi) is 13.9. The van der Waals surface area contributed by atoms with Gasteiger partial charge in [-0.05, 0) is 88.3 Å². The first-order valence-electron chi connectivity index (χ1n) is 19.9. The van der Waals surface area contributed by atoms with Crippen LogP contribution in [0.4, 0.5) is 11.4 Å². The van der Waals surface area contributed by atoms with Crippen molar-refractivity contribution < 1.29 is 24.0 Å². The minimum absolute atomic E-state index is 0.195. The van der Waals surface area contributed by atoms with Crippen molar-refractivity contribution >= 4 is 40.8 Å². The van der Waals surface area contributed by atoms with Gasteiger partial charge in [-0.2, -0.15) is 0 Å². The van der Waals surface area contributed by atoms with Crippen LogP contribution < -0.4 is 21.3 Å². The van der Waals surface area contributed by atoms with E-state index in [0.717, 1.165) is 39.3 Å². The maximum absolute atomic E-state index is 13.3. The van der Waals surface area contributed by atoms with Crippen LogP contribution in [0.5, 0.6) is 0 Å². The first-order valence-corrected chi connectivity index (χ1v) is 19.9. The van der Waals surface area contributed by atoms with Crippen LogP contribution in [0.3, 0.4) is 0 Å². The second kappa shape index (κ2) is 19.4. The van der Waals surface area contributed by atoms with Crippen LogP contribution in [0.25, 0.3) is 0 Å². The molecule has 0 aliphatic carbocycles. The molecule has 0 bridgehead atoms. The van der Waals surface area contributed by atoms with Crippen molar-refractivity contribution in [1.82, 2.24) is 29.6 Å². The summed E-state index contributed by atoms with van der Waals surface area (Å²) in [6, 6.07) is 16.0. The van der Waals surface area contributed by atoms with E-state index >= 15 is 0 Å². The molecular weight excluding hydrogens is 709 g/mol. The van der Waals surface area contributed by atoms with Gasteiger partial charge in [0.2, 0.25) is 0 Å². The summed E-state index contributed by atoms with van der Waals surface area (Å²) in [7, 11) is 3.52. The molecule has 56 heavy (non-hydrogen) atoms. The highest BCUT2D eigenvalue weighted by atomic mass is 16.2. The van der Waals surface area contributed by atoms with Gasteiger partial charge in [0.15, 0.2) is 5.78 Å². The number of nitrogens with one attached hydrogen (secondary N) is 4.